The number of anilines is 1. The smallest absolute Gasteiger partial charge is 0.268 e. The molecule has 3 heterocycles. The highest BCUT2D eigenvalue weighted by Crippen LogP contribution is 2.25. The Labute approximate surface area is 222 Å². The van der Waals surface area contributed by atoms with Crippen LogP contribution in [0.3, 0.4) is 0 Å². The van der Waals surface area contributed by atoms with Gasteiger partial charge in [0, 0.05) is 55.3 Å². The molecule has 198 valence electrons. The van der Waals surface area contributed by atoms with Crippen molar-refractivity contribution in [1.29, 1.82) is 0 Å². The van der Waals surface area contributed by atoms with E-state index in [9.17, 15) is 9.59 Å². The summed E-state index contributed by atoms with van der Waals surface area (Å²) in [4.78, 5) is 30.6. The molecule has 0 spiro atoms. The second-order valence-corrected chi connectivity index (χ2v) is 9.87. The number of carbonyl (C=O) groups excluding carboxylic acids is 1. The number of ether oxygens (including phenoxy) is 1. The molecule has 1 saturated heterocycles. The van der Waals surface area contributed by atoms with Crippen LogP contribution in [0, 0.1) is 5.92 Å². The number of H-pyrrole nitrogens is 1. The van der Waals surface area contributed by atoms with Crippen LogP contribution in [0.2, 0.25) is 0 Å². The van der Waals surface area contributed by atoms with Crippen LogP contribution in [0.15, 0.2) is 71.8 Å². The van der Waals surface area contributed by atoms with Gasteiger partial charge in [-0.1, -0.05) is 37.3 Å². The summed E-state index contributed by atoms with van der Waals surface area (Å²) in [6.07, 6.45) is 6.91. The van der Waals surface area contributed by atoms with Gasteiger partial charge < -0.3 is 19.9 Å². The SMILES string of the molecule is CCCn1ncc(N2CCC(C(=O)NCCc3c[nH]c4ccc(OCc5ccccc5)cc34)CC2)cc1=O. The van der Waals surface area contributed by atoms with Gasteiger partial charge in [-0.25, -0.2) is 4.68 Å². The number of benzene rings is 2. The summed E-state index contributed by atoms with van der Waals surface area (Å²) >= 11 is 0. The summed E-state index contributed by atoms with van der Waals surface area (Å²) in [6.45, 7) is 5.25. The van der Waals surface area contributed by atoms with Crippen molar-refractivity contribution in [3.63, 3.8) is 0 Å². The average molecular weight is 514 g/mol. The Hall–Kier alpha value is -4.07. The lowest BCUT2D eigenvalue weighted by atomic mass is 9.95. The second-order valence-electron chi connectivity index (χ2n) is 9.87. The highest BCUT2D eigenvalue weighted by molar-refractivity contribution is 5.85. The number of carbonyl (C=O) groups is 1. The lowest BCUT2D eigenvalue weighted by molar-refractivity contribution is -0.125. The molecule has 0 bridgehead atoms. The van der Waals surface area contributed by atoms with Crippen molar-refractivity contribution in [2.24, 2.45) is 5.92 Å². The summed E-state index contributed by atoms with van der Waals surface area (Å²) in [5.41, 5.74) is 4.11. The second kappa shape index (κ2) is 12.0. The first-order valence-corrected chi connectivity index (χ1v) is 13.5. The molecular formula is C30H35N5O3. The fraction of sp³-hybridized carbons (Fsp3) is 0.367. The molecule has 0 unspecified atom stereocenters. The molecule has 2 aromatic carbocycles. The minimum absolute atomic E-state index is 0.0133. The largest absolute Gasteiger partial charge is 0.489 e. The fourth-order valence-electron chi connectivity index (χ4n) is 5.04. The summed E-state index contributed by atoms with van der Waals surface area (Å²) in [7, 11) is 0. The third-order valence-electron chi connectivity index (χ3n) is 7.20. The van der Waals surface area contributed by atoms with E-state index in [1.165, 1.54) is 4.68 Å². The van der Waals surface area contributed by atoms with E-state index in [4.69, 9.17) is 4.74 Å². The zero-order chi connectivity index (χ0) is 26.3. The highest BCUT2D eigenvalue weighted by Gasteiger charge is 2.25. The molecule has 4 aromatic rings. The molecule has 1 aliphatic heterocycles. The minimum atomic E-state index is -0.0728. The van der Waals surface area contributed by atoms with Crippen molar-refractivity contribution < 1.29 is 9.53 Å². The minimum Gasteiger partial charge on any atom is -0.489 e. The topological polar surface area (TPSA) is 92.2 Å². The van der Waals surface area contributed by atoms with E-state index in [0.29, 0.717) is 19.7 Å². The Balaban J connectivity index is 1.10. The van der Waals surface area contributed by atoms with Crippen LogP contribution < -0.4 is 20.5 Å². The molecule has 0 atom stereocenters. The Morgan fingerprint density at radius 2 is 1.95 bits per heavy atom. The van der Waals surface area contributed by atoms with Gasteiger partial charge in [-0.3, -0.25) is 9.59 Å². The number of aromatic nitrogens is 3. The van der Waals surface area contributed by atoms with E-state index in [0.717, 1.165) is 72.2 Å². The Bertz CT molecular complexity index is 1420. The number of hydrogen-bond donors (Lipinski definition) is 2. The number of piperidine rings is 1. The maximum atomic E-state index is 12.9. The van der Waals surface area contributed by atoms with Crippen LogP contribution in [0.5, 0.6) is 5.75 Å². The lowest BCUT2D eigenvalue weighted by Gasteiger charge is -2.32. The van der Waals surface area contributed by atoms with E-state index >= 15 is 0 Å². The van der Waals surface area contributed by atoms with Gasteiger partial charge in [-0.2, -0.15) is 5.10 Å². The average Bonchev–Trinajstić information content (AvgIpc) is 3.36. The summed E-state index contributed by atoms with van der Waals surface area (Å²) < 4.78 is 7.50. The third kappa shape index (κ3) is 6.07. The zero-order valence-corrected chi connectivity index (χ0v) is 21.9. The summed E-state index contributed by atoms with van der Waals surface area (Å²) in [5.74, 6) is 0.921. The molecule has 1 amide bonds. The number of aromatic amines is 1. The predicted molar refractivity (Wildman–Crippen MR) is 150 cm³/mol. The molecule has 8 heteroatoms. The molecule has 5 rings (SSSR count). The normalized spacial score (nSPS) is 14.1. The van der Waals surface area contributed by atoms with Crippen molar-refractivity contribution in [2.75, 3.05) is 24.5 Å². The third-order valence-corrected chi connectivity index (χ3v) is 7.20. The van der Waals surface area contributed by atoms with Gasteiger partial charge in [0.15, 0.2) is 0 Å². The molecule has 1 fully saturated rings. The first-order valence-electron chi connectivity index (χ1n) is 13.5. The quantitative estimate of drug-likeness (QED) is 0.330. The molecule has 38 heavy (non-hydrogen) atoms. The van der Waals surface area contributed by atoms with Crippen molar-refractivity contribution in [2.45, 2.75) is 45.8 Å². The van der Waals surface area contributed by atoms with Gasteiger partial charge in [0.25, 0.3) is 5.56 Å². The first kappa shape index (κ1) is 25.6. The number of rotatable bonds is 10. The Morgan fingerprint density at radius 3 is 2.71 bits per heavy atom. The van der Waals surface area contributed by atoms with E-state index in [-0.39, 0.29) is 17.4 Å². The van der Waals surface area contributed by atoms with Crippen molar-refractivity contribution in [3.05, 3.63) is 88.5 Å². The summed E-state index contributed by atoms with van der Waals surface area (Å²) in [6, 6.07) is 17.9. The predicted octanol–water partition coefficient (Wildman–Crippen LogP) is 4.29. The van der Waals surface area contributed by atoms with Crippen molar-refractivity contribution >= 4 is 22.5 Å². The van der Waals surface area contributed by atoms with Crippen LogP contribution >= 0.6 is 0 Å². The van der Waals surface area contributed by atoms with E-state index in [1.807, 2.05) is 43.5 Å². The number of hydrogen-bond acceptors (Lipinski definition) is 5. The standard InChI is InChI=1S/C30H35N5O3/c1-2-14-35-29(36)17-25(20-33-35)34-15-11-23(12-16-34)30(37)31-13-10-24-19-32-28-9-8-26(18-27(24)28)38-21-22-6-4-3-5-7-22/h3-9,17-20,23,32H,2,10-16,21H2,1H3,(H,31,37). The van der Waals surface area contributed by atoms with Crippen LogP contribution in [0.4, 0.5) is 5.69 Å². The molecule has 2 aromatic heterocycles. The highest BCUT2D eigenvalue weighted by atomic mass is 16.5. The van der Waals surface area contributed by atoms with Gasteiger partial charge in [0.2, 0.25) is 5.91 Å². The number of aryl methyl sites for hydroxylation is 1. The Kier molecular flexibility index (Phi) is 8.06. The number of amides is 1. The van der Waals surface area contributed by atoms with Crippen LogP contribution in [-0.2, 0) is 24.4 Å². The zero-order valence-electron chi connectivity index (χ0n) is 21.9. The molecule has 0 radical (unpaired) electrons. The van der Waals surface area contributed by atoms with Gasteiger partial charge in [0.1, 0.15) is 12.4 Å². The van der Waals surface area contributed by atoms with Gasteiger partial charge in [-0.05, 0) is 55.0 Å². The lowest BCUT2D eigenvalue weighted by Crippen LogP contribution is -2.41. The maximum Gasteiger partial charge on any atom is 0.268 e. The summed E-state index contributed by atoms with van der Waals surface area (Å²) in [5, 5.41) is 8.54. The molecular weight excluding hydrogens is 478 g/mol. The monoisotopic (exact) mass is 513 g/mol. The van der Waals surface area contributed by atoms with Crippen LogP contribution in [-0.4, -0.2) is 40.3 Å². The van der Waals surface area contributed by atoms with Crippen LogP contribution in [0.25, 0.3) is 10.9 Å². The Morgan fingerprint density at radius 1 is 1.13 bits per heavy atom. The number of nitrogens with zero attached hydrogens (tertiary/aromatic N) is 3. The van der Waals surface area contributed by atoms with E-state index < -0.39 is 0 Å². The van der Waals surface area contributed by atoms with E-state index in [2.05, 4.69) is 38.5 Å². The fourth-order valence-corrected chi connectivity index (χ4v) is 5.04. The maximum absolute atomic E-state index is 12.9. The van der Waals surface area contributed by atoms with Gasteiger partial charge in [0.05, 0.1) is 11.9 Å². The van der Waals surface area contributed by atoms with Gasteiger partial charge in [-0.15, -0.1) is 0 Å². The first-order chi connectivity index (χ1) is 18.6. The molecule has 2 N–H and O–H groups in total. The number of nitrogens with one attached hydrogen (secondary N) is 2. The molecule has 0 saturated carbocycles. The number of fused-ring (bicyclic) bond motifs is 1. The van der Waals surface area contributed by atoms with Gasteiger partial charge >= 0.3 is 0 Å². The van der Waals surface area contributed by atoms with Crippen molar-refractivity contribution in [3.8, 4) is 5.75 Å². The molecule has 8 nitrogen and oxygen atoms in total. The van der Waals surface area contributed by atoms with E-state index in [1.54, 1.807) is 12.3 Å². The van der Waals surface area contributed by atoms with Crippen molar-refractivity contribution in [1.82, 2.24) is 20.1 Å². The molecule has 1 aliphatic rings. The van der Waals surface area contributed by atoms with Crippen LogP contribution in [0.1, 0.15) is 37.3 Å². The molecule has 0 aliphatic carbocycles.